The van der Waals surface area contributed by atoms with Crippen LogP contribution in [0.4, 0.5) is 0 Å². The summed E-state index contributed by atoms with van der Waals surface area (Å²) in [4.78, 5) is 18.6. The fraction of sp³-hybridized carbons (Fsp3) is 0.647. The van der Waals surface area contributed by atoms with Gasteiger partial charge in [0.25, 0.3) is 5.91 Å². The van der Waals surface area contributed by atoms with Crippen LogP contribution in [0.1, 0.15) is 52.3 Å². The van der Waals surface area contributed by atoms with Crippen LogP contribution in [-0.2, 0) is 16.4 Å². The SMILES string of the molecule is Cc1noc(C)c1C(=O)N1CC(N(CCc2noc(C3CC3)n2)S(C)(=O)=O)C1. The third-order valence-electron chi connectivity index (χ3n) is 5.20. The molecule has 1 amide bonds. The van der Waals surface area contributed by atoms with Crippen molar-refractivity contribution >= 4 is 15.9 Å². The molecule has 0 radical (unpaired) electrons. The number of sulfonamides is 1. The van der Waals surface area contributed by atoms with Crippen molar-refractivity contribution in [1.82, 2.24) is 24.5 Å². The first-order valence-electron chi connectivity index (χ1n) is 9.25. The average Bonchev–Trinajstić information content (AvgIpc) is 3.23. The van der Waals surface area contributed by atoms with Gasteiger partial charge in [-0.25, -0.2) is 8.42 Å². The van der Waals surface area contributed by atoms with E-state index in [1.54, 1.807) is 18.7 Å². The minimum absolute atomic E-state index is 0.187. The number of carbonyl (C=O) groups is 1. The van der Waals surface area contributed by atoms with E-state index in [0.717, 1.165) is 12.8 Å². The number of hydrogen-bond donors (Lipinski definition) is 0. The van der Waals surface area contributed by atoms with Crippen LogP contribution < -0.4 is 0 Å². The van der Waals surface area contributed by atoms with E-state index in [2.05, 4.69) is 15.3 Å². The molecule has 28 heavy (non-hydrogen) atoms. The summed E-state index contributed by atoms with van der Waals surface area (Å²) >= 11 is 0. The van der Waals surface area contributed by atoms with Crippen molar-refractivity contribution in [3.8, 4) is 0 Å². The summed E-state index contributed by atoms with van der Waals surface area (Å²) in [5.41, 5.74) is 0.984. The van der Waals surface area contributed by atoms with E-state index in [-0.39, 0.29) is 18.5 Å². The minimum atomic E-state index is -3.43. The zero-order valence-corrected chi connectivity index (χ0v) is 16.9. The molecule has 0 N–H and O–H groups in total. The lowest BCUT2D eigenvalue weighted by Gasteiger charge is -2.44. The monoisotopic (exact) mass is 409 g/mol. The molecule has 2 fully saturated rings. The molecule has 0 aromatic carbocycles. The highest BCUT2D eigenvalue weighted by Gasteiger charge is 2.40. The average molecular weight is 409 g/mol. The highest BCUT2D eigenvalue weighted by Crippen LogP contribution is 2.38. The van der Waals surface area contributed by atoms with Crippen LogP contribution in [0.2, 0.25) is 0 Å². The minimum Gasteiger partial charge on any atom is -0.361 e. The van der Waals surface area contributed by atoms with Gasteiger partial charge in [0.2, 0.25) is 15.9 Å². The zero-order valence-electron chi connectivity index (χ0n) is 16.1. The predicted molar refractivity (Wildman–Crippen MR) is 97.2 cm³/mol. The molecule has 3 heterocycles. The van der Waals surface area contributed by atoms with Crippen molar-refractivity contribution in [3.05, 3.63) is 28.7 Å². The first-order valence-corrected chi connectivity index (χ1v) is 11.1. The predicted octanol–water partition coefficient (Wildman–Crippen LogP) is 0.881. The highest BCUT2D eigenvalue weighted by atomic mass is 32.2. The van der Waals surface area contributed by atoms with Crippen molar-refractivity contribution < 1.29 is 22.3 Å². The topological polar surface area (TPSA) is 123 Å². The van der Waals surface area contributed by atoms with E-state index in [1.807, 2.05) is 0 Å². The maximum atomic E-state index is 12.6. The smallest absolute Gasteiger partial charge is 0.259 e. The Kier molecular flexibility index (Phi) is 4.74. The second-order valence-electron chi connectivity index (χ2n) is 7.51. The molecule has 10 nitrogen and oxygen atoms in total. The van der Waals surface area contributed by atoms with Gasteiger partial charge in [0.05, 0.1) is 18.0 Å². The number of nitrogens with zero attached hydrogens (tertiary/aromatic N) is 5. The van der Waals surface area contributed by atoms with Gasteiger partial charge >= 0.3 is 0 Å². The molecule has 0 atom stereocenters. The largest absolute Gasteiger partial charge is 0.361 e. The summed E-state index contributed by atoms with van der Waals surface area (Å²) in [5.74, 6) is 1.80. The van der Waals surface area contributed by atoms with Crippen molar-refractivity contribution in [1.29, 1.82) is 0 Å². The number of likely N-dealkylation sites (tertiary alicyclic amines) is 1. The Balaban J connectivity index is 1.38. The summed E-state index contributed by atoms with van der Waals surface area (Å²) in [5, 5.41) is 7.74. The highest BCUT2D eigenvalue weighted by molar-refractivity contribution is 7.88. The summed E-state index contributed by atoms with van der Waals surface area (Å²) in [6, 6.07) is -0.269. The normalized spacial score (nSPS) is 17.9. The van der Waals surface area contributed by atoms with Crippen LogP contribution in [0.5, 0.6) is 0 Å². The molecule has 2 aromatic rings. The number of rotatable bonds is 7. The van der Waals surface area contributed by atoms with Crippen molar-refractivity contribution in [2.24, 2.45) is 0 Å². The number of amides is 1. The van der Waals surface area contributed by atoms with Gasteiger partial charge in [0.15, 0.2) is 5.82 Å². The van der Waals surface area contributed by atoms with Crippen LogP contribution in [-0.4, -0.2) is 70.8 Å². The lowest BCUT2D eigenvalue weighted by atomic mass is 10.1. The van der Waals surface area contributed by atoms with E-state index < -0.39 is 10.0 Å². The lowest BCUT2D eigenvalue weighted by Crippen LogP contribution is -2.62. The third-order valence-corrected chi connectivity index (χ3v) is 6.53. The van der Waals surface area contributed by atoms with Crippen LogP contribution in [0.3, 0.4) is 0 Å². The van der Waals surface area contributed by atoms with E-state index in [1.165, 1.54) is 10.6 Å². The van der Waals surface area contributed by atoms with Gasteiger partial charge < -0.3 is 13.9 Å². The molecular formula is C17H23N5O5S. The summed E-state index contributed by atoms with van der Waals surface area (Å²) in [6.07, 6.45) is 3.68. The Hall–Kier alpha value is -2.27. The molecule has 4 rings (SSSR count). The molecule has 1 aliphatic heterocycles. The molecule has 1 saturated carbocycles. The molecule has 152 valence electrons. The van der Waals surface area contributed by atoms with Gasteiger partial charge in [-0.15, -0.1) is 0 Å². The molecule has 2 aromatic heterocycles. The quantitative estimate of drug-likeness (QED) is 0.660. The molecule has 1 aliphatic carbocycles. The van der Waals surface area contributed by atoms with Gasteiger partial charge in [0, 0.05) is 32.0 Å². The van der Waals surface area contributed by atoms with Gasteiger partial charge in [-0.3, -0.25) is 4.79 Å². The van der Waals surface area contributed by atoms with Crippen LogP contribution in [0.15, 0.2) is 9.05 Å². The Morgan fingerprint density at radius 1 is 1.21 bits per heavy atom. The van der Waals surface area contributed by atoms with Crippen molar-refractivity contribution in [2.45, 2.75) is 45.1 Å². The van der Waals surface area contributed by atoms with E-state index in [4.69, 9.17) is 9.05 Å². The second kappa shape index (κ2) is 6.96. The number of aryl methyl sites for hydroxylation is 2. The molecule has 0 unspecified atom stereocenters. The number of aromatic nitrogens is 3. The summed E-state index contributed by atoms with van der Waals surface area (Å²) < 4.78 is 36.2. The summed E-state index contributed by atoms with van der Waals surface area (Å²) in [7, 11) is -3.43. The van der Waals surface area contributed by atoms with E-state index in [0.29, 0.717) is 54.2 Å². The Morgan fingerprint density at radius 3 is 2.50 bits per heavy atom. The fourth-order valence-corrected chi connectivity index (χ4v) is 4.54. The molecule has 1 saturated heterocycles. The molecule has 2 aliphatic rings. The second-order valence-corrected chi connectivity index (χ2v) is 9.45. The standard InChI is InChI=1S/C17H23N5O5S/c1-10-15(11(2)26-19-10)17(23)21-8-13(9-21)22(28(3,24)25)7-6-14-18-16(27-20-14)12-4-5-12/h12-13H,4-9H2,1-3H3. The fourth-order valence-electron chi connectivity index (χ4n) is 3.44. The van der Waals surface area contributed by atoms with Gasteiger partial charge in [-0.05, 0) is 26.7 Å². The molecule has 0 bridgehead atoms. The molecule has 0 spiro atoms. The third kappa shape index (κ3) is 3.68. The Labute approximate surface area is 162 Å². The van der Waals surface area contributed by atoms with Crippen LogP contribution >= 0.6 is 0 Å². The van der Waals surface area contributed by atoms with Gasteiger partial charge in [-0.1, -0.05) is 10.3 Å². The Bertz CT molecular complexity index is 968. The molecule has 11 heteroatoms. The van der Waals surface area contributed by atoms with Gasteiger partial charge in [0.1, 0.15) is 11.3 Å². The van der Waals surface area contributed by atoms with E-state index in [9.17, 15) is 13.2 Å². The van der Waals surface area contributed by atoms with E-state index >= 15 is 0 Å². The number of hydrogen-bond acceptors (Lipinski definition) is 8. The maximum Gasteiger partial charge on any atom is 0.259 e. The lowest BCUT2D eigenvalue weighted by molar-refractivity contribution is 0.0451. The number of carbonyl (C=O) groups excluding carboxylic acids is 1. The molecular weight excluding hydrogens is 386 g/mol. The van der Waals surface area contributed by atoms with Crippen molar-refractivity contribution in [2.75, 3.05) is 25.9 Å². The van der Waals surface area contributed by atoms with Crippen LogP contribution in [0, 0.1) is 13.8 Å². The summed E-state index contributed by atoms with van der Waals surface area (Å²) in [6.45, 7) is 4.31. The van der Waals surface area contributed by atoms with Gasteiger partial charge in [-0.2, -0.15) is 9.29 Å². The zero-order chi connectivity index (χ0) is 20.1. The first kappa shape index (κ1) is 19.1. The maximum absolute atomic E-state index is 12.6. The van der Waals surface area contributed by atoms with Crippen molar-refractivity contribution in [3.63, 3.8) is 0 Å². The Morgan fingerprint density at radius 2 is 1.93 bits per heavy atom. The first-order chi connectivity index (χ1) is 13.2. The van der Waals surface area contributed by atoms with Crippen LogP contribution in [0.25, 0.3) is 0 Å².